The molecule has 0 aliphatic rings. The first-order chi connectivity index (χ1) is 6.32. The second-order valence-corrected chi connectivity index (χ2v) is 3.12. The van der Waals surface area contributed by atoms with Crippen LogP contribution in [0.2, 0.25) is 5.02 Å². The Bertz CT molecular complexity index is 337. The zero-order valence-corrected chi connectivity index (χ0v) is 7.53. The van der Waals surface area contributed by atoms with E-state index >= 15 is 0 Å². The van der Waals surface area contributed by atoms with Gasteiger partial charge >= 0.3 is 6.18 Å². The van der Waals surface area contributed by atoms with Crippen molar-refractivity contribution in [3.05, 3.63) is 34.6 Å². The second-order valence-electron chi connectivity index (χ2n) is 2.69. The van der Waals surface area contributed by atoms with Crippen molar-refractivity contribution in [1.82, 2.24) is 0 Å². The molecule has 0 saturated carbocycles. The first kappa shape index (κ1) is 11.3. The van der Waals surface area contributed by atoms with E-state index in [1.807, 2.05) is 0 Å². The Kier molecular flexibility index (Phi) is 3.01. The lowest BCUT2D eigenvalue weighted by Gasteiger charge is -2.16. The fourth-order valence-electron chi connectivity index (χ4n) is 0.929. The van der Waals surface area contributed by atoms with Gasteiger partial charge in [-0.2, -0.15) is 13.2 Å². The van der Waals surface area contributed by atoms with Crippen molar-refractivity contribution in [2.75, 3.05) is 0 Å². The summed E-state index contributed by atoms with van der Waals surface area (Å²) < 4.78 is 49.2. The monoisotopic (exact) mass is 227 g/mol. The topological polar surface area (TPSA) is 26.0 Å². The van der Waals surface area contributed by atoms with Crippen LogP contribution in [0.15, 0.2) is 18.2 Å². The highest BCUT2D eigenvalue weighted by atomic mass is 35.5. The van der Waals surface area contributed by atoms with Gasteiger partial charge in [0.1, 0.15) is 11.9 Å². The molecule has 6 heteroatoms. The van der Waals surface area contributed by atoms with Crippen LogP contribution >= 0.6 is 11.6 Å². The maximum absolute atomic E-state index is 12.9. The van der Waals surface area contributed by atoms with Gasteiger partial charge in [0, 0.05) is 10.6 Å². The molecule has 0 saturated heterocycles. The average molecular weight is 228 g/mol. The minimum atomic E-state index is -4.68. The molecule has 1 rings (SSSR count). The second kappa shape index (κ2) is 3.74. The van der Waals surface area contributed by atoms with Crippen LogP contribution in [-0.2, 0) is 0 Å². The minimum Gasteiger partial charge on any atom is -0.316 e. The summed E-state index contributed by atoms with van der Waals surface area (Å²) >= 11 is 5.42. The van der Waals surface area contributed by atoms with Crippen molar-refractivity contribution in [2.24, 2.45) is 5.73 Å². The van der Waals surface area contributed by atoms with E-state index in [0.717, 1.165) is 18.2 Å². The number of alkyl halides is 3. The summed E-state index contributed by atoms with van der Waals surface area (Å²) in [6, 6.07) is 0.531. The Morgan fingerprint density at radius 1 is 1.29 bits per heavy atom. The quantitative estimate of drug-likeness (QED) is 0.734. The van der Waals surface area contributed by atoms with Gasteiger partial charge in [-0.25, -0.2) is 4.39 Å². The van der Waals surface area contributed by atoms with Gasteiger partial charge in [0.25, 0.3) is 0 Å². The average Bonchev–Trinajstić information content (AvgIpc) is 2.06. The summed E-state index contributed by atoms with van der Waals surface area (Å²) in [6.07, 6.45) is -4.68. The molecule has 0 radical (unpaired) electrons. The third kappa shape index (κ3) is 2.36. The van der Waals surface area contributed by atoms with Gasteiger partial charge < -0.3 is 5.73 Å². The van der Waals surface area contributed by atoms with E-state index in [0.29, 0.717) is 0 Å². The Morgan fingerprint density at radius 2 is 1.86 bits per heavy atom. The van der Waals surface area contributed by atoms with E-state index < -0.39 is 23.6 Å². The number of hydrogen-bond acceptors (Lipinski definition) is 1. The van der Waals surface area contributed by atoms with E-state index in [1.165, 1.54) is 0 Å². The van der Waals surface area contributed by atoms with Gasteiger partial charge in [0.15, 0.2) is 0 Å². The minimum absolute atomic E-state index is 0.0149. The fourth-order valence-corrected chi connectivity index (χ4v) is 1.11. The zero-order chi connectivity index (χ0) is 10.9. The van der Waals surface area contributed by atoms with Gasteiger partial charge in [-0.1, -0.05) is 11.6 Å². The number of benzene rings is 1. The van der Waals surface area contributed by atoms with Gasteiger partial charge in [0.05, 0.1) is 0 Å². The van der Waals surface area contributed by atoms with Crippen molar-refractivity contribution in [3.63, 3.8) is 0 Å². The van der Waals surface area contributed by atoms with Crippen molar-refractivity contribution < 1.29 is 17.6 Å². The van der Waals surface area contributed by atoms with Gasteiger partial charge in [-0.15, -0.1) is 0 Å². The Hall–Kier alpha value is -0.810. The van der Waals surface area contributed by atoms with Crippen LogP contribution in [0.4, 0.5) is 17.6 Å². The third-order valence-electron chi connectivity index (χ3n) is 1.65. The summed E-state index contributed by atoms with van der Waals surface area (Å²) in [5.74, 6) is -1.01. The molecule has 0 spiro atoms. The molecule has 14 heavy (non-hydrogen) atoms. The molecule has 0 fully saturated rings. The summed E-state index contributed by atoms with van der Waals surface area (Å²) in [4.78, 5) is 0. The molecule has 1 unspecified atom stereocenters. The molecule has 78 valence electrons. The van der Waals surface area contributed by atoms with E-state index in [-0.39, 0.29) is 5.02 Å². The molecule has 1 aromatic rings. The number of rotatable bonds is 1. The zero-order valence-electron chi connectivity index (χ0n) is 6.78. The standard InChI is InChI=1S/C8H6ClF4N/c9-4-1-2-6(10)5(3-4)7(14)8(11,12)13/h1-3,7H,14H2. The molecule has 0 heterocycles. The van der Waals surface area contributed by atoms with Crippen LogP contribution in [0, 0.1) is 5.82 Å². The molecular weight excluding hydrogens is 222 g/mol. The molecule has 0 amide bonds. The SMILES string of the molecule is NC(c1cc(Cl)ccc1F)C(F)(F)F. The number of hydrogen-bond donors (Lipinski definition) is 1. The smallest absolute Gasteiger partial charge is 0.316 e. The molecule has 1 atom stereocenters. The van der Waals surface area contributed by atoms with Crippen molar-refractivity contribution in [3.8, 4) is 0 Å². The molecule has 0 aliphatic carbocycles. The summed E-state index contributed by atoms with van der Waals surface area (Å²) in [5.41, 5.74) is 4.17. The first-order valence-electron chi connectivity index (χ1n) is 3.59. The predicted octanol–water partition coefficient (Wildman–Crippen LogP) is 3.04. The first-order valence-corrected chi connectivity index (χ1v) is 3.97. The molecule has 0 aliphatic heterocycles. The predicted molar refractivity (Wildman–Crippen MR) is 44.4 cm³/mol. The Balaban J connectivity index is 3.12. The van der Waals surface area contributed by atoms with Crippen LogP contribution in [0.3, 0.4) is 0 Å². The molecule has 1 nitrogen and oxygen atoms in total. The van der Waals surface area contributed by atoms with E-state index in [4.69, 9.17) is 17.3 Å². The van der Waals surface area contributed by atoms with Crippen LogP contribution in [-0.4, -0.2) is 6.18 Å². The van der Waals surface area contributed by atoms with Crippen LogP contribution in [0.5, 0.6) is 0 Å². The maximum atomic E-state index is 12.9. The van der Waals surface area contributed by atoms with Crippen molar-refractivity contribution >= 4 is 11.6 Å². The highest BCUT2D eigenvalue weighted by Crippen LogP contribution is 2.32. The molecule has 0 aromatic heterocycles. The molecule has 1 aromatic carbocycles. The normalized spacial score (nSPS) is 14.1. The number of nitrogens with two attached hydrogens (primary N) is 1. The largest absolute Gasteiger partial charge is 0.407 e. The van der Waals surface area contributed by atoms with Crippen LogP contribution in [0.1, 0.15) is 11.6 Å². The van der Waals surface area contributed by atoms with E-state index in [9.17, 15) is 17.6 Å². The lowest BCUT2D eigenvalue weighted by molar-refractivity contribution is -0.149. The van der Waals surface area contributed by atoms with Gasteiger partial charge in [0.2, 0.25) is 0 Å². The lowest BCUT2D eigenvalue weighted by Crippen LogP contribution is -2.29. The fraction of sp³-hybridized carbons (Fsp3) is 0.250. The third-order valence-corrected chi connectivity index (χ3v) is 1.88. The highest BCUT2D eigenvalue weighted by Gasteiger charge is 2.39. The van der Waals surface area contributed by atoms with Crippen LogP contribution < -0.4 is 5.73 Å². The van der Waals surface area contributed by atoms with E-state index in [1.54, 1.807) is 0 Å². The highest BCUT2D eigenvalue weighted by molar-refractivity contribution is 6.30. The summed E-state index contributed by atoms with van der Waals surface area (Å²) in [5, 5.41) is 0.0149. The Labute approximate surface area is 82.5 Å². The van der Waals surface area contributed by atoms with Gasteiger partial charge in [-0.05, 0) is 18.2 Å². The molecule has 0 bridgehead atoms. The van der Waals surface area contributed by atoms with Crippen molar-refractivity contribution in [2.45, 2.75) is 12.2 Å². The summed E-state index contributed by atoms with van der Waals surface area (Å²) in [7, 11) is 0. The van der Waals surface area contributed by atoms with Gasteiger partial charge in [-0.3, -0.25) is 0 Å². The number of halogens is 5. The maximum Gasteiger partial charge on any atom is 0.407 e. The van der Waals surface area contributed by atoms with Crippen LogP contribution in [0.25, 0.3) is 0 Å². The van der Waals surface area contributed by atoms with Crippen molar-refractivity contribution in [1.29, 1.82) is 0 Å². The molecule has 2 N–H and O–H groups in total. The lowest BCUT2D eigenvalue weighted by atomic mass is 10.1. The Morgan fingerprint density at radius 3 is 2.36 bits per heavy atom. The summed E-state index contributed by atoms with van der Waals surface area (Å²) in [6.45, 7) is 0. The molecular formula is C8H6ClF4N. The van der Waals surface area contributed by atoms with E-state index in [2.05, 4.69) is 0 Å².